The molecule has 0 unspecified atom stereocenters. The Labute approximate surface area is 64.2 Å². The molecule has 0 nitrogen and oxygen atoms in total. The van der Waals surface area contributed by atoms with E-state index in [0.717, 1.165) is 0 Å². The van der Waals surface area contributed by atoms with Gasteiger partial charge < -0.3 is 20.8 Å². The van der Waals surface area contributed by atoms with Crippen molar-refractivity contribution >= 4 is 0 Å². The third-order valence-corrected chi connectivity index (χ3v) is 0. The molecular weight excluding hydrogens is 180 g/mol. The van der Waals surface area contributed by atoms with Gasteiger partial charge in [-0.15, -0.1) is 0 Å². The monoisotopic (exact) mass is 194 g/mol. The van der Waals surface area contributed by atoms with E-state index in [9.17, 15) is 0 Å². The van der Waals surface area contributed by atoms with E-state index < -0.39 is 0 Å². The van der Waals surface area contributed by atoms with E-state index in [4.69, 9.17) is 0 Å². The minimum absolute atomic E-state index is 0. The van der Waals surface area contributed by atoms with Crippen LogP contribution in [0.25, 0.3) is 0 Å². The molecule has 0 aromatic carbocycles. The van der Waals surface area contributed by atoms with Crippen LogP contribution in [0.2, 0.25) is 0 Å². The van der Waals surface area contributed by atoms with Gasteiger partial charge in [-0.3, -0.25) is 0 Å². The third kappa shape index (κ3) is 276. The molecule has 7 heavy (non-hydrogen) atoms. The van der Waals surface area contributed by atoms with Gasteiger partial charge in [-0.1, -0.05) is 0 Å². The quantitative estimate of drug-likeness (QED) is 0.411. The van der Waals surface area contributed by atoms with Crippen molar-refractivity contribution in [3.63, 3.8) is 0 Å². The molecular formula is C6H15Ag-3. The average molecular weight is 195 g/mol. The smallest absolute Gasteiger partial charge is 0 e. The second-order valence-electron chi connectivity index (χ2n) is 0. The van der Waals surface area contributed by atoms with E-state index in [2.05, 4.69) is 20.8 Å². The Bertz CT molecular complexity index is 4.14. The first-order chi connectivity index (χ1) is 3.00. The van der Waals surface area contributed by atoms with Crippen LogP contribution in [0.3, 0.4) is 0 Å². The van der Waals surface area contributed by atoms with Gasteiger partial charge in [-0.05, 0) is 0 Å². The van der Waals surface area contributed by atoms with Crippen molar-refractivity contribution in [3.05, 3.63) is 20.8 Å². The van der Waals surface area contributed by atoms with Gasteiger partial charge in [0.05, 0.1) is 0 Å². The summed E-state index contributed by atoms with van der Waals surface area (Å²) in [6.45, 7) is 15.0. The molecule has 0 aromatic heterocycles. The van der Waals surface area contributed by atoms with Crippen LogP contribution in [0.4, 0.5) is 0 Å². The summed E-state index contributed by atoms with van der Waals surface area (Å²) in [4.78, 5) is 0. The maximum atomic E-state index is 3.25. The molecule has 0 saturated carbocycles. The Morgan fingerprint density at radius 2 is 0.571 bits per heavy atom. The van der Waals surface area contributed by atoms with Crippen LogP contribution in [-0.4, -0.2) is 0 Å². The standard InChI is InChI=1S/3C2H5.Ag/c3*1-2;/h3*1H2,2H3;/q3*-1;. The summed E-state index contributed by atoms with van der Waals surface area (Å²) >= 11 is 0. The summed E-state index contributed by atoms with van der Waals surface area (Å²) in [6, 6.07) is 0. The molecule has 0 atom stereocenters. The summed E-state index contributed by atoms with van der Waals surface area (Å²) in [5.74, 6) is 0. The van der Waals surface area contributed by atoms with Crippen molar-refractivity contribution < 1.29 is 22.4 Å². The van der Waals surface area contributed by atoms with Gasteiger partial charge in [0.1, 0.15) is 0 Å². The van der Waals surface area contributed by atoms with Crippen molar-refractivity contribution in [3.8, 4) is 0 Å². The molecule has 1 radical (unpaired) electrons. The Morgan fingerprint density at radius 3 is 0.571 bits per heavy atom. The fraction of sp³-hybridized carbons (Fsp3) is 0.500. The second-order valence-corrected chi connectivity index (χ2v) is 0. The maximum Gasteiger partial charge on any atom is 0 e. The van der Waals surface area contributed by atoms with Crippen molar-refractivity contribution in [1.29, 1.82) is 0 Å². The van der Waals surface area contributed by atoms with Crippen LogP contribution in [0, 0.1) is 20.8 Å². The van der Waals surface area contributed by atoms with Gasteiger partial charge in [0.15, 0.2) is 0 Å². The van der Waals surface area contributed by atoms with Gasteiger partial charge in [0.25, 0.3) is 0 Å². The van der Waals surface area contributed by atoms with Crippen LogP contribution < -0.4 is 0 Å². The van der Waals surface area contributed by atoms with Gasteiger partial charge in [-0.25, -0.2) is 0 Å². The molecule has 0 saturated heterocycles. The SMILES string of the molecule is [Ag].[CH2-]C.[CH2-]C.[CH2-]C. The van der Waals surface area contributed by atoms with Crippen molar-refractivity contribution in [2.24, 2.45) is 0 Å². The molecule has 0 spiro atoms. The molecule has 0 fully saturated rings. The normalized spacial score (nSPS) is 2.57. The van der Waals surface area contributed by atoms with Crippen molar-refractivity contribution in [2.45, 2.75) is 20.8 Å². The fourth-order valence-corrected chi connectivity index (χ4v) is 0. The first-order valence-electron chi connectivity index (χ1n) is 2.12. The van der Waals surface area contributed by atoms with Crippen LogP contribution in [0.5, 0.6) is 0 Å². The predicted molar refractivity (Wildman–Crippen MR) is 33.1 cm³/mol. The minimum atomic E-state index is 0. The molecule has 0 aliphatic carbocycles. The molecule has 0 amide bonds. The zero-order chi connectivity index (χ0) is 6.00. The molecule has 0 rings (SSSR count). The first kappa shape index (κ1) is 25.1. The van der Waals surface area contributed by atoms with Gasteiger partial charge in [0, 0.05) is 22.4 Å². The van der Waals surface area contributed by atoms with Crippen LogP contribution in [0.15, 0.2) is 0 Å². The average Bonchev–Trinajstić information content (AvgIpc) is 1.81. The molecule has 0 aliphatic heterocycles. The summed E-state index contributed by atoms with van der Waals surface area (Å²) in [7, 11) is 0. The minimum Gasteiger partial charge on any atom is -0.346 e. The molecule has 1 heteroatoms. The molecule has 0 bridgehead atoms. The van der Waals surface area contributed by atoms with Crippen LogP contribution in [0.1, 0.15) is 20.8 Å². The zero-order valence-electron chi connectivity index (χ0n) is 5.42. The summed E-state index contributed by atoms with van der Waals surface area (Å²) in [5.41, 5.74) is 0. The van der Waals surface area contributed by atoms with E-state index in [-0.39, 0.29) is 22.4 Å². The Hall–Kier alpha value is 0.740. The Balaban J connectivity index is -0.00000000900. The number of hydrogen-bond acceptors (Lipinski definition) is 0. The van der Waals surface area contributed by atoms with Crippen molar-refractivity contribution in [2.75, 3.05) is 0 Å². The largest absolute Gasteiger partial charge is 0.346 e. The van der Waals surface area contributed by atoms with Gasteiger partial charge in [-0.2, -0.15) is 20.8 Å². The van der Waals surface area contributed by atoms with Crippen LogP contribution >= 0.6 is 0 Å². The molecule has 0 N–H and O–H groups in total. The van der Waals surface area contributed by atoms with E-state index >= 15 is 0 Å². The first-order valence-corrected chi connectivity index (χ1v) is 2.12. The second kappa shape index (κ2) is 405. The Kier molecular flexibility index (Phi) is 1460. The van der Waals surface area contributed by atoms with E-state index in [1.54, 1.807) is 20.8 Å². The molecule has 0 aromatic rings. The Morgan fingerprint density at radius 1 is 0.571 bits per heavy atom. The molecule has 53 valence electrons. The number of rotatable bonds is 0. The van der Waals surface area contributed by atoms with E-state index in [1.807, 2.05) is 0 Å². The molecule has 0 heterocycles. The fourth-order valence-electron chi connectivity index (χ4n) is 0. The topological polar surface area (TPSA) is 0 Å². The van der Waals surface area contributed by atoms with Crippen molar-refractivity contribution in [1.82, 2.24) is 0 Å². The van der Waals surface area contributed by atoms with E-state index in [0.29, 0.717) is 0 Å². The third-order valence-electron chi connectivity index (χ3n) is 0. The zero-order valence-corrected chi connectivity index (χ0v) is 6.91. The van der Waals surface area contributed by atoms with Gasteiger partial charge >= 0.3 is 0 Å². The molecule has 0 aliphatic rings. The van der Waals surface area contributed by atoms with Gasteiger partial charge in [0.2, 0.25) is 0 Å². The number of hydrogen-bond donors (Lipinski definition) is 0. The predicted octanol–water partition coefficient (Wildman–Crippen LogP) is 2.52. The maximum absolute atomic E-state index is 3.25. The van der Waals surface area contributed by atoms with E-state index in [1.165, 1.54) is 0 Å². The summed E-state index contributed by atoms with van der Waals surface area (Å²) in [6.07, 6.45) is 0. The van der Waals surface area contributed by atoms with Crippen LogP contribution in [-0.2, 0) is 22.4 Å². The summed E-state index contributed by atoms with van der Waals surface area (Å²) in [5, 5.41) is 0. The summed E-state index contributed by atoms with van der Waals surface area (Å²) < 4.78 is 0.